The fourth-order valence-corrected chi connectivity index (χ4v) is 0.231. The fraction of sp³-hybridized carbons (Fsp3) is 0.167. The molecule has 3 heteroatoms. The Bertz CT molecular complexity index is 126. The van der Waals surface area contributed by atoms with E-state index in [2.05, 4.69) is 11.7 Å². The Morgan fingerprint density at radius 2 is 2.33 bits per heavy atom. The second-order valence-corrected chi connectivity index (χ2v) is 1.25. The Morgan fingerprint density at radius 1 is 1.67 bits per heavy atom. The molecule has 0 fully saturated rings. The molecule has 0 aromatic heterocycles. The molecule has 49 valence electrons. The van der Waals surface area contributed by atoms with E-state index in [1.54, 1.807) is 0 Å². The molecule has 0 aliphatic carbocycles. The molecule has 0 atom stereocenters. The Labute approximate surface area is 53.3 Å². The highest BCUT2D eigenvalue weighted by Gasteiger charge is 1.86. The number of carbonyl (C=O) groups excluding carboxylic acids is 2. The zero-order valence-corrected chi connectivity index (χ0v) is 4.87. The second-order valence-electron chi connectivity index (χ2n) is 1.25. The second kappa shape index (κ2) is 5.03. The predicted octanol–water partition coefficient (Wildman–Crippen LogP) is 0.466. The first-order chi connectivity index (χ1) is 4.31. The van der Waals surface area contributed by atoms with Gasteiger partial charge < -0.3 is 4.74 Å². The maximum absolute atomic E-state index is 10.3. The molecule has 9 heavy (non-hydrogen) atoms. The summed E-state index contributed by atoms with van der Waals surface area (Å²) in [6.45, 7) is 3.56. The van der Waals surface area contributed by atoms with Gasteiger partial charge in [0.25, 0.3) is 6.47 Å². The maximum Gasteiger partial charge on any atom is 0.297 e. The Kier molecular flexibility index (Phi) is 4.40. The summed E-state index contributed by atoms with van der Waals surface area (Å²) in [5, 5.41) is 0. The maximum atomic E-state index is 10.3. The van der Waals surface area contributed by atoms with Crippen molar-refractivity contribution in [1.29, 1.82) is 0 Å². The van der Waals surface area contributed by atoms with E-state index < -0.39 is 0 Å². The average molecular weight is 127 g/mol. The quantitative estimate of drug-likeness (QED) is 0.313. The van der Waals surface area contributed by atoms with E-state index >= 15 is 0 Å². The Hall–Kier alpha value is -1.12. The number of hydrogen-bond donors (Lipinski definition) is 0. The van der Waals surface area contributed by atoms with Crippen molar-refractivity contribution in [2.24, 2.45) is 0 Å². The SMILES string of the molecule is [CH2]CC(=O)C=COC=O. The molecule has 0 aromatic carbocycles. The lowest BCUT2D eigenvalue weighted by atomic mass is 10.3. The van der Waals surface area contributed by atoms with Gasteiger partial charge in [-0.3, -0.25) is 9.59 Å². The minimum atomic E-state index is -0.170. The van der Waals surface area contributed by atoms with Crippen LogP contribution in [0.4, 0.5) is 0 Å². The van der Waals surface area contributed by atoms with E-state index in [1.807, 2.05) is 0 Å². The van der Waals surface area contributed by atoms with Crippen LogP contribution < -0.4 is 0 Å². The van der Waals surface area contributed by atoms with Crippen molar-refractivity contribution in [2.45, 2.75) is 6.42 Å². The largest absolute Gasteiger partial charge is 0.437 e. The minimum Gasteiger partial charge on any atom is -0.437 e. The van der Waals surface area contributed by atoms with Gasteiger partial charge in [-0.15, -0.1) is 0 Å². The summed E-state index contributed by atoms with van der Waals surface area (Å²) < 4.78 is 4.10. The molecule has 0 spiro atoms. The van der Waals surface area contributed by atoms with E-state index in [9.17, 15) is 9.59 Å². The number of carbonyl (C=O) groups is 2. The van der Waals surface area contributed by atoms with Crippen LogP contribution in [0, 0.1) is 6.92 Å². The van der Waals surface area contributed by atoms with Crippen molar-refractivity contribution >= 4 is 12.3 Å². The van der Waals surface area contributed by atoms with E-state index in [1.165, 1.54) is 0 Å². The Morgan fingerprint density at radius 3 is 2.78 bits per heavy atom. The van der Waals surface area contributed by atoms with Crippen molar-refractivity contribution in [3.63, 3.8) is 0 Å². The third-order valence-electron chi connectivity index (χ3n) is 0.634. The summed E-state index contributed by atoms with van der Waals surface area (Å²) >= 11 is 0. The van der Waals surface area contributed by atoms with Gasteiger partial charge in [0.05, 0.1) is 6.26 Å². The van der Waals surface area contributed by atoms with Gasteiger partial charge >= 0.3 is 0 Å². The molecule has 1 radical (unpaired) electrons. The summed E-state index contributed by atoms with van der Waals surface area (Å²) in [5.41, 5.74) is 0. The van der Waals surface area contributed by atoms with Gasteiger partial charge in [-0.2, -0.15) is 0 Å². The summed E-state index contributed by atoms with van der Waals surface area (Å²) in [6.07, 6.45) is 2.36. The molecule has 0 bridgehead atoms. The molecule has 0 N–H and O–H groups in total. The highest BCUT2D eigenvalue weighted by molar-refractivity contribution is 5.89. The van der Waals surface area contributed by atoms with Gasteiger partial charge in [0.15, 0.2) is 5.78 Å². The van der Waals surface area contributed by atoms with Crippen LogP contribution in [0.1, 0.15) is 6.42 Å². The van der Waals surface area contributed by atoms with Crippen LogP contribution in [0.25, 0.3) is 0 Å². The molecular formula is C6H7O3. The molecule has 0 saturated heterocycles. The van der Waals surface area contributed by atoms with Crippen LogP contribution >= 0.6 is 0 Å². The van der Waals surface area contributed by atoms with Crippen molar-refractivity contribution < 1.29 is 14.3 Å². The smallest absolute Gasteiger partial charge is 0.297 e. The third kappa shape index (κ3) is 4.74. The van der Waals surface area contributed by atoms with Gasteiger partial charge in [-0.1, -0.05) is 0 Å². The fourth-order valence-electron chi connectivity index (χ4n) is 0.231. The Balaban J connectivity index is 3.43. The molecule has 0 unspecified atom stereocenters. The van der Waals surface area contributed by atoms with E-state index in [4.69, 9.17) is 0 Å². The lowest BCUT2D eigenvalue weighted by molar-refractivity contribution is -0.123. The van der Waals surface area contributed by atoms with Crippen molar-refractivity contribution in [1.82, 2.24) is 0 Å². The van der Waals surface area contributed by atoms with Crippen LogP contribution in [-0.4, -0.2) is 12.3 Å². The molecule has 3 nitrogen and oxygen atoms in total. The number of ketones is 1. The first kappa shape index (κ1) is 7.88. The van der Waals surface area contributed by atoms with Crippen LogP contribution in [0.2, 0.25) is 0 Å². The molecular weight excluding hydrogens is 120 g/mol. The first-order valence-corrected chi connectivity index (χ1v) is 2.39. The van der Waals surface area contributed by atoms with Gasteiger partial charge in [-0.05, 0) is 6.92 Å². The molecule has 0 heterocycles. The van der Waals surface area contributed by atoms with Gasteiger partial charge in [0, 0.05) is 12.5 Å². The normalized spacial score (nSPS) is 9.44. The number of ether oxygens (including phenoxy) is 1. The number of allylic oxidation sites excluding steroid dienone is 1. The molecule has 0 amide bonds. The van der Waals surface area contributed by atoms with E-state index in [0.29, 0.717) is 0 Å². The first-order valence-electron chi connectivity index (χ1n) is 2.39. The lowest BCUT2D eigenvalue weighted by Crippen LogP contribution is -1.87. The molecule has 0 aliphatic rings. The lowest BCUT2D eigenvalue weighted by Gasteiger charge is -1.82. The topological polar surface area (TPSA) is 43.4 Å². The van der Waals surface area contributed by atoms with Crippen LogP contribution in [0.3, 0.4) is 0 Å². The van der Waals surface area contributed by atoms with E-state index in [-0.39, 0.29) is 18.7 Å². The monoisotopic (exact) mass is 127 g/mol. The van der Waals surface area contributed by atoms with Gasteiger partial charge in [0.1, 0.15) is 0 Å². The summed E-state index contributed by atoms with van der Waals surface area (Å²) in [7, 11) is 0. The molecule has 0 aliphatic heterocycles. The predicted molar refractivity (Wildman–Crippen MR) is 31.3 cm³/mol. The number of hydrogen-bond acceptors (Lipinski definition) is 3. The van der Waals surface area contributed by atoms with Crippen LogP contribution in [0.15, 0.2) is 12.3 Å². The summed E-state index contributed by atoms with van der Waals surface area (Å²) in [5.74, 6) is -0.170. The van der Waals surface area contributed by atoms with Crippen molar-refractivity contribution in [2.75, 3.05) is 0 Å². The minimum absolute atomic E-state index is 0.170. The van der Waals surface area contributed by atoms with Crippen LogP contribution in [0.5, 0.6) is 0 Å². The third-order valence-corrected chi connectivity index (χ3v) is 0.634. The zero-order chi connectivity index (χ0) is 7.11. The highest BCUT2D eigenvalue weighted by Crippen LogP contribution is 1.81. The summed E-state index contributed by atoms with van der Waals surface area (Å²) in [6, 6.07) is 0. The molecule has 0 aromatic rings. The van der Waals surface area contributed by atoms with E-state index in [0.717, 1.165) is 12.3 Å². The van der Waals surface area contributed by atoms with Crippen molar-refractivity contribution in [3.8, 4) is 0 Å². The standard InChI is InChI=1S/C6H7O3/c1-2-6(8)3-4-9-5-7/h3-5H,1-2H2. The van der Waals surface area contributed by atoms with Gasteiger partial charge in [0.2, 0.25) is 0 Å². The average Bonchev–Trinajstić information content (AvgIpc) is 1.89. The highest BCUT2D eigenvalue weighted by atomic mass is 16.5. The van der Waals surface area contributed by atoms with Crippen LogP contribution in [-0.2, 0) is 14.3 Å². The molecule has 0 rings (SSSR count). The molecule has 0 saturated carbocycles. The zero-order valence-electron chi connectivity index (χ0n) is 4.87. The number of rotatable bonds is 4. The summed E-state index contributed by atoms with van der Waals surface area (Å²) in [4.78, 5) is 19.8. The van der Waals surface area contributed by atoms with Crippen molar-refractivity contribution in [3.05, 3.63) is 19.3 Å². The van der Waals surface area contributed by atoms with Gasteiger partial charge in [-0.25, -0.2) is 0 Å².